The van der Waals surface area contributed by atoms with Gasteiger partial charge in [0.15, 0.2) is 0 Å². The molecule has 0 amide bonds. The van der Waals surface area contributed by atoms with E-state index in [4.69, 9.17) is 16.7 Å². The number of hydrogen-bond donors (Lipinski definition) is 1. The third kappa shape index (κ3) is 2.73. The summed E-state index contributed by atoms with van der Waals surface area (Å²) in [5.74, 6) is -4.01. The van der Waals surface area contributed by atoms with E-state index in [0.717, 1.165) is 13.2 Å². The van der Waals surface area contributed by atoms with E-state index < -0.39 is 39.8 Å². The van der Waals surface area contributed by atoms with Crippen LogP contribution in [0.5, 0.6) is 5.75 Å². The van der Waals surface area contributed by atoms with Gasteiger partial charge in [-0.25, -0.2) is 4.79 Å². The maximum Gasteiger partial charge on any atom is 0.420 e. The average molecular weight is 283 g/mol. The second kappa shape index (κ2) is 4.85. The summed E-state index contributed by atoms with van der Waals surface area (Å²) in [6.07, 6.45) is -4.82. The van der Waals surface area contributed by atoms with Crippen LogP contribution < -0.4 is 4.74 Å². The van der Waals surface area contributed by atoms with Crippen molar-refractivity contribution in [3.05, 3.63) is 28.3 Å². The Labute approximate surface area is 104 Å². The number of carbonyl (C=O) groups excluding carboxylic acids is 1. The maximum absolute atomic E-state index is 12.7. The molecule has 1 rings (SSSR count). The molecular formula is C10H6ClF3O4. The molecule has 0 aliphatic carbocycles. The van der Waals surface area contributed by atoms with Crippen LogP contribution in [0.15, 0.2) is 12.1 Å². The third-order valence-electron chi connectivity index (χ3n) is 2.01. The van der Waals surface area contributed by atoms with Gasteiger partial charge < -0.3 is 9.84 Å². The number of ether oxygens (including phenoxy) is 1. The molecule has 0 heterocycles. The SMILES string of the molecule is COc1c(Cl)cc(C(=O)C(=O)O)cc1C(F)(F)F. The number of benzene rings is 1. The molecule has 8 heteroatoms. The Hall–Kier alpha value is -1.76. The molecule has 0 spiro atoms. The third-order valence-corrected chi connectivity index (χ3v) is 2.29. The van der Waals surface area contributed by atoms with Crippen molar-refractivity contribution in [2.24, 2.45) is 0 Å². The first-order valence-electron chi connectivity index (χ1n) is 4.40. The molecule has 0 fully saturated rings. The fourth-order valence-electron chi connectivity index (χ4n) is 1.27. The van der Waals surface area contributed by atoms with Crippen molar-refractivity contribution in [3.8, 4) is 5.75 Å². The van der Waals surface area contributed by atoms with Gasteiger partial charge in [0.1, 0.15) is 5.75 Å². The smallest absolute Gasteiger partial charge is 0.420 e. The molecule has 1 aromatic carbocycles. The number of halogens is 4. The Kier molecular flexibility index (Phi) is 3.85. The van der Waals surface area contributed by atoms with Crippen molar-refractivity contribution in [1.29, 1.82) is 0 Å². The molecule has 1 aromatic rings. The first kappa shape index (κ1) is 14.3. The number of carboxylic acid groups (broad SMARTS) is 1. The Balaban J connectivity index is 3.49. The van der Waals surface area contributed by atoms with E-state index in [9.17, 15) is 22.8 Å². The van der Waals surface area contributed by atoms with Crippen LogP contribution in [0, 0.1) is 0 Å². The van der Waals surface area contributed by atoms with Crippen LogP contribution in [0.25, 0.3) is 0 Å². The van der Waals surface area contributed by atoms with Crippen molar-refractivity contribution in [2.45, 2.75) is 6.18 Å². The average Bonchev–Trinajstić information content (AvgIpc) is 2.25. The van der Waals surface area contributed by atoms with Crippen LogP contribution in [0.2, 0.25) is 5.02 Å². The summed E-state index contributed by atoms with van der Waals surface area (Å²) in [7, 11) is 0.981. The lowest BCUT2D eigenvalue weighted by atomic mass is 10.1. The normalized spacial score (nSPS) is 11.2. The van der Waals surface area contributed by atoms with Crippen molar-refractivity contribution in [1.82, 2.24) is 0 Å². The molecule has 98 valence electrons. The summed E-state index contributed by atoms with van der Waals surface area (Å²) in [6, 6.07) is 1.20. The molecule has 0 unspecified atom stereocenters. The standard InChI is InChI=1S/C10H6ClF3O4/c1-18-8-5(10(12,13)14)2-4(3-6(8)11)7(15)9(16)17/h2-3H,1H3,(H,16,17). The van der Waals surface area contributed by atoms with Crippen molar-refractivity contribution in [3.63, 3.8) is 0 Å². The zero-order chi connectivity index (χ0) is 14.1. The van der Waals surface area contributed by atoms with Crippen LogP contribution in [-0.2, 0) is 11.0 Å². The molecule has 18 heavy (non-hydrogen) atoms. The van der Waals surface area contributed by atoms with E-state index in [2.05, 4.69) is 4.74 Å². The minimum atomic E-state index is -4.82. The van der Waals surface area contributed by atoms with Gasteiger partial charge in [0, 0.05) is 5.56 Å². The lowest BCUT2D eigenvalue weighted by molar-refractivity contribution is -0.139. The van der Waals surface area contributed by atoms with E-state index in [1.165, 1.54) is 0 Å². The minimum Gasteiger partial charge on any atom is -0.495 e. The number of carboxylic acids is 1. The Bertz CT molecular complexity index is 511. The maximum atomic E-state index is 12.7. The molecule has 0 aliphatic rings. The first-order valence-corrected chi connectivity index (χ1v) is 4.78. The summed E-state index contributed by atoms with van der Waals surface area (Å²) in [4.78, 5) is 21.5. The second-order valence-electron chi connectivity index (χ2n) is 3.17. The number of Topliss-reactive ketones (excluding diaryl/α,β-unsaturated/α-hetero) is 1. The summed E-state index contributed by atoms with van der Waals surface area (Å²) in [6.45, 7) is 0. The highest BCUT2D eigenvalue weighted by atomic mass is 35.5. The fraction of sp³-hybridized carbons (Fsp3) is 0.200. The number of aliphatic carboxylic acids is 1. The highest BCUT2D eigenvalue weighted by Crippen LogP contribution is 2.41. The van der Waals surface area contributed by atoms with E-state index >= 15 is 0 Å². The van der Waals surface area contributed by atoms with Crippen LogP contribution in [0.3, 0.4) is 0 Å². The number of alkyl halides is 3. The molecule has 0 aromatic heterocycles. The number of hydrogen-bond acceptors (Lipinski definition) is 3. The molecule has 4 nitrogen and oxygen atoms in total. The molecule has 0 saturated heterocycles. The second-order valence-corrected chi connectivity index (χ2v) is 3.58. The lowest BCUT2D eigenvalue weighted by Gasteiger charge is -2.14. The molecule has 1 N–H and O–H groups in total. The van der Waals surface area contributed by atoms with Gasteiger partial charge in [-0.2, -0.15) is 13.2 Å². The van der Waals surface area contributed by atoms with E-state index in [1.807, 2.05) is 0 Å². The van der Waals surface area contributed by atoms with Crippen molar-refractivity contribution < 1.29 is 32.6 Å². The molecule has 0 saturated carbocycles. The van der Waals surface area contributed by atoms with Gasteiger partial charge in [0.2, 0.25) is 0 Å². The van der Waals surface area contributed by atoms with Gasteiger partial charge in [0.25, 0.3) is 5.78 Å². The lowest BCUT2D eigenvalue weighted by Crippen LogP contribution is -2.15. The summed E-state index contributed by atoms with van der Waals surface area (Å²) >= 11 is 5.52. The van der Waals surface area contributed by atoms with Crippen LogP contribution in [0.4, 0.5) is 13.2 Å². The van der Waals surface area contributed by atoms with Gasteiger partial charge in [0.05, 0.1) is 17.7 Å². The molecule has 0 radical (unpaired) electrons. The predicted molar refractivity (Wildman–Crippen MR) is 55.0 cm³/mol. The van der Waals surface area contributed by atoms with Crippen LogP contribution in [0.1, 0.15) is 15.9 Å². The van der Waals surface area contributed by atoms with Gasteiger partial charge in [-0.05, 0) is 12.1 Å². The Morgan fingerprint density at radius 3 is 2.28 bits per heavy atom. The number of ketones is 1. The van der Waals surface area contributed by atoms with E-state index in [-0.39, 0.29) is 0 Å². The molecule has 0 aliphatic heterocycles. The van der Waals surface area contributed by atoms with Crippen molar-refractivity contribution >= 4 is 23.4 Å². The molecular weight excluding hydrogens is 277 g/mol. The van der Waals surface area contributed by atoms with Gasteiger partial charge >= 0.3 is 12.1 Å². The zero-order valence-electron chi connectivity index (χ0n) is 8.84. The van der Waals surface area contributed by atoms with Crippen LogP contribution in [-0.4, -0.2) is 24.0 Å². The molecule has 0 atom stereocenters. The molecule has 0 bridgehead atoms. The minimum absolute atomic E-state index is 0.390. The number of carbonyl (C=O) groups is 2. The predicted octanol–water partition coefficient (Wildman–Crippen LogP) is 2.63. The fourth-order valence-corrected chi connectivity index (χ4v) is 1.56. The Morgan fingerprint density at radius 1 is 1.33 bits per heavy atom. The quantitative estimate of drug-likeness (QED) is 0.684. The number of rotatable bonds is 3. The summed E-state index contributed by atoms with van der Waals surface area (Å²) in [5.41, 5.74) is -1.97. The van der Waals surface area contributed by atoms with Gasteiger partial charge in [-0.15, -0.1) is 0 Å². The highest BCUT2D eigenvalue weighted by Gasteiger charge is 2.36. The topological polar surface area (TPSA) is 63.6 Å². The highest BCUT2D eigenvalue weighted by molar-refractivity contribution is 6.41. The summed E-state index contributed by atoms with van der Waals surface area (Å²) in [5, 5.41) is 7.95. The largest absolute Gasteiger partial charge is 0.495 e. The Morgan fingerprint density at radius 2 is 1.89 bits per heavy atom. The summed E-state index contributed by atoms with van der Waals surface area (Å²) < 4.78 is 42.5. The van der Waals surface area contributed by atoms with Gasteiger partial charge in [-0.1, -0.05) is 11.6 Å². The van der Waals surface area contributed by atoms with Gasteiger partial charge in [-0.3, -0.25) is 4.79 Å². The van der Waals surface area contributed by atoms with E-state index in [0.29, 0.717) is 6.07 Å². The number of methoxy groups -OCH3 is 1. The first-order chi connectivity index (χ1) is 8.18. The van der Waals surface area contributed by atoms with Crippen LogP contribution >= 0.6 is 11.6 Å². The van der Waals surface area contributed by atoms with E-state index in [1.54, 1.807) is 0 Å². The zero-order valence-corrected chi connectivity index (χ0v) is 9.59. The monoisotopic (exact) mass is 282 g/mol. The van der Waals surface area contributed by atoms with Crippen molar-refractivity contribution in [2.75, 3.05) is 7.11 Å².